The van der Waals surface area contributed by atoms with Gasteiger partial charge >= 0.3 is 0 Å². The number of likely N-dealkylation sites (tertiary alicyclic amines) is 1. The van der Waals surface area contributed by atoms with Gasteiger partial charge in [0, 0.05) is 19.6 Å². The number of carbonyl (C=O) groups excluding carboxylic acids is 2. The van der Waals surface area contributed by atoms with Crippen molar-refractivity contribution < 1.29 is 9.59 Å². The Kier molecular flexibility index (Phi) is 4.99. The molecule has 0 spiro atoms. The van der Waals surface area contributed by atoms with Gasteiger partial charge in [0.15, 0.2) is 0 Å². The fourth-order valence-electron chi connectivity index (χ4n) is 2.58. The van der Waals surface area contributed by atoms with Crippen LogP contribution in [0, 0.1) is 0 Å². The van der Waals surface area contributed by atoms with Crippen LogP contribution in [-0.2, 0) is 9.59 Å². The molecule has 0 radical (unpaired) electrons. The quantitative estimate of drug-likeness (QED) is 0.765. The molecule has 0 aromatic carbocycles. The molecule has 0 aliphatic carbocycles. The van der Waals surface area contributed by atoms with E-state index in [1.54, 1.807) is 4.90 Å². The third kappa shape index (κ3) is 3.70. The number of nitrogens with one attached hydrogen (secondary N) is 1. The minimum Gasteiger partial charge on any atom is -0.341 e. The molecule has 0 unspecified atom stereocenters. The Bertz CT molecular complexity index is 299. The summed E-state index contributed by atoms with van der Waals surface area (Å²) in [5, 5.41) is 3.07. The van der Waals surface area contributed by atoms with Crippen molar-refractivity contribution in [3.05, 3.63) is 0 Å². The van der Waals surface area contributed by atoms with E-state index in [1.807, 2.05) is 4.90 Å². The van der Waals surface area contributed by atoms with Crippen molar-refractivity contribution in [2.45, 2.75) is 32.1 Å². The predicted octanol–water partition coefficient (Wildman–Crippen LogP) is 0.211. The van der Waals surface area contributed by atoms with Gasteiger partial charge in [-0.3, -0.25) is 9.59 Å². The van der Waals surface area contributed by atoms with E-state index >= 15 is 0 Å². The minimum atomic E-state index is 0.0515. The molecule has 0 atom stereocenters. The summed E-state index contributed by atoms with van der Waals surface area (Å²) >= 11 is 0. The summed E-state index contributed by atoms with van der Waals surface area (Å²) in [5.74, 6) is 0.169. The van der Waals surface area contributed by atoms with E-state index in [0.717, 1.165) is 38.9 Å². The summed E-state index contributed by atoms with van der Waals surface area (Å²) in [6.45, 7) is 3.91. The third-order valence-corrected chi connectivity index (χ3v) is 3.70. The van der Waals surface area contributed by atoms with E-state index in [-0.39, 0.29) is 18.4 Å². The molecule has 0 aromatic heterocycles. The second kappa shape index (κ2) is 6.73. The topological polar surface area (TPSA) is 52.7 Å². The van der Waals surface area contributed by atoms with Crippen LogP contribution in [0.5, 0.6) is 0 Å². The van der Waals surface area contributed by atoms with Crippen molar-refractivity contribution in [3.8, 4) is 0 Å². The van der Waals surface area contributed by atoms with E-state index < -0.39 is 0 Å². The Labute approximate surface area is 108 Å². The third-order valence-electron chi connectivity index (χ3n) is 3.70. The number of amides is 2. The molecule has 18 heavy (non-hydrogen) atoms. The normalized spacial score (nSPS) is 22.6. The second-order valence-corrected chi connectivity index (χ2v) is 5.14. The summed E-state index contributed by atoms with van der Waals surface area (Å²) in [4.78, 5) is 27.6. The monoisotopic (exact) mass is 253 g/mol. The number of hydrogen-bond donors (Lipinski definition) is 1. The van der Waals surface area contributed by atoms with Gasteiger partial charge in [-0.15, -0.1) is 0 Å². The first kappa shape index (κ1) is 13.3. The van der Waals surface area contributed by atoms with Gasteiger partial charge in [0.2, 0.25) is 11.8 Å². The van der Waals surface area contributed by atoms with Crippen molar-refractivity contribution in [1.29, 1.82) is 0 Å². The highest BCUT2D eigenvalue weighted by molar-refractivity contribution is 5.85. The van der Waals surface area contributed by atoms with E-state index in [0.29, 0.717) is 13.1 Å². The molecule has 102 valence electrons. The molecule has 2 amide bonds. The summed E-state index contributed by atoms with van der Waals surface area (Å²) in [7, 11) is 0. The van der Waals surface area contributed by atoms with Crippen LogP contribution in [-0.4, -0.2) is 60.9 Å². The Morgan fingerprint density at radius 1 is 1.06 bits per heavy atom. The van der Waals surface area contributed by atoms with Crippen molar-refractivity contribution >= 4 is 11.8 Å². The van der Waals surface area contributed by atoms with Crippen molar-refractivity contribution in [2.75, 3.05) is 39.3 Å². The van der Waals surface area contributed by atoms with Gasteiger partial charge in [-0.2, -0.15) is 0 Å². The predicted molar refractivity (Wildman–Crippen MR) is 69.1 cm³/mol. The van der Waals surface area contributed by atoms with Gasteiger partial charge in [-0.25, -0.2) is 0 Å². The highest BCUT2D eigenvalue weighted by Gasteiger charge is 2.22. The molecule has 2 rings (SSSR count). The van der Waals surface area contributed by atoms with Crippen LogP contribution in [0.1, 0.15) is 32.1 Å². The molecular weight excluding hydrogens is 230 g/mol. The van der Waals surface area contributed by atoms with Crippen LogP contribution in [0.2, 0.25) is 0 Å². The smallest absolute Gasteiger partial charge is 0.242 e. The average Bonchev–Trinajstić information content (AvgIpc) is 2.73. The van der Waals surface area contributed by atoms with Gasteiger partial charge in [0.05, 0.1) is 13.1 Å². The Hall–Kier alpha value is -1.10. The highest BCUT2D eigenvalue weighted by Crippen LogP contribution is 2.10. The van der Waals surface area contributed by atoms with Gasteiger partial charge in [0.25, 0.3) is 0 Å². The molecule has 1 N–H and O–H groups in total. The lowest BCUT2D eigenvalue weighted by Crippen LogP contribution is -2.44. The summed E-state index contributed by atoms with van der Waals surface area (Å²) in [5.41, 5.74) is 0. The largest absolute Gasteiger partial charge is 0.341 e. The molecule has 2 heterocycles. The zero-order valence-corrected chi connectivity index (χ0v) is 11.0. The molecule has 2 saturated heterocycles. The number of rotatable bonds is 2. The average molecular weight is 253 g/mol. The maximum atomic E-state index is 12.2. The fourth-order valence-corrected chi connectivity index (χ4v) is 2.58. The van der Waals surface area contributed by atoms with Crippen molar-refractivity contribution in [1.82, 2.24) is 15.1 Å². The Balaban J connectivity index is 1.86. The summed E-state index contributed by atoms with van der Waals surface area (Å²) < 4.78 is 0. The zero-order chi connectivity index (χ0) is 12.8. The standard InChI is InChI=1S/C13H23N3O2/c17-12-10-14-6-5-9-16(12)11-13(18)15-7-3-1-2-4-8-15/h14H,1-11H2. The lowest BCUT2D eigenvalue weighted by molar-refractivity contribution is -0.139. The molecule has 0 bridgehead atoms. The van der Waals surface area contributed by atoms with Crippen LogP contribution < -0.4 is 5.32 Å². The minimum absolute atomic E-state index is 0.0515. The molecule has 2 aliphatic rings. The van der Waals surface area contributed by atoms with E-state index in [1.165, 1.54) is 12.8 Å². The number of hydrogen-bond acceptors (Lipinski definition) is 3. The molecule has 0 saturated carbocycles. The first-order chi connectivity index (χ1) is 8.77. The molecule has 0 aromatic rings. The molecule has 2 fully saturated rings. The molecule has 5 heteroatoms. The van der Waals surface area contributed by atoms with Gasteiger partial charge < -0.3 is 15.1 Å². The molecule has 5 nitrogen and oxygen atoms in total. The van der Waals surface area contributed by atoms with Crippen LogP contribution in [0.4, 0.5) is 0 Å². The van der Waals surface area contributed by atoms with Crippen molar-refractivity contribution in [2.24, 2.45) is 0 Å². The number of carbonyl (C=O) groups is 2. The zero-order valence-electron chi connectivity index (χ0n) is 11.0. The van der Waals surface area contributed by atoms with Gasteiger partial charge in [-0.05, 0) is 25.8 Å². The lowest BCUT2D eigenvalue weighted by Gasteiger charge is -2.25. The van der Waals surface area contributed by atoms with Crippen LogP contribution in [0.25, 0.3) is 0 Å². The van der Waals surface area contributed by atoms with Crippen LogP contribution >= 0.6 is 0 Å². The van der Waals surface area contributed by atoms with Crippen LogP contribution in [0.15, 0.2) is 0 Å². The molecule has 2 aliphatic heterocycles. The van der Waals surface area contributed by atoms with E-state index in [2.05, 4.69) is 5.32 Å². The maximum absolute atomic E-state index is 12.2. The summed E-state index contributed by atoms with van der Waals surface area (Å²) in [6, 6.07) is 0. The van der Waals surface area contributed by atoms with Gasteiger partial charge in [-0.1, -0.05) is 12.8 Å². The number of nitrogens with zero attached hydrogens (tertiary/aromatic N) is 2. The van der Waals surface area contributed by atoms with Crippen LogP contribution in [0.3, 0.4) is 0 Å². The fraction of sp³-hybridized carbons (Fsp3) is 0.846. The lowest BCUT2D eigenvalue weighted by atomic mass is 10.2. The Morgan fingerprint density at radius 2 is 1.78 bits per heavy atom. The van der Waals surface area contributed by atoms with E-state index in [4.69, 9.17) is 0 Å². The Morgan fingerprint density at radius 3 is 2.50 bits per heavy atom. The highest BCUT2D eigenvalue weighted by atomic mass is 16.2. The molecular formula is C13H23N3O2. The van der Waals surface area contributed by atoms with Gasteiger partial charge in [0.1, 0.15) is 0 Å². The maximum Gasteiger partial charge on any atom is 0.242 e. The second-order valence-electron chi connectivity index (χ2n) is 5.14. The summed E-state index contributed by atoms with van der Waals surface area (Å²) in [6.07, 6.45) is 5.56. The first-order valence-electron chi connectivity index (χ1n) is 7.03. The van der Waals surface area contributed by atoms with E-state index in [9.17, 15) is 9.59 Å². The SMILES string of the molecule is O=C(CN1CCCNCC1=O)N1CCCCCC1. The first-order valence-corrected chi connectivity index (χ1v) is 7.03. The van der Waals surface area contributed by atoms with Crippen molar-refractivity contribution in [3.63, 3.8) is 0 Å².